The van der Waals surface area contributed by atoms with Crippen LogP contribution >= 0.6 is 0 Å². The van der Waals surface area contributed by atoms with E-state index in [1.807, 2.05) is 0 Å². The number of nitrogens with zero attached hydrogens (tertiary/aromatic N) is 2. The van der Waals surface area contributed by atoms with Crippen LogP contribution in [0.4, 0.5) is 0 Å². The third-order valence-electron chi connectivity index (χ3n) is 2.81. The minimum Gasteiger partial charge on any atom is -0.547 e. The summed E-state index contributed by atoms with van der Waals surface area (Å²) in [5.74, 6) is -1.89. The van der Waals surface area contributed by atoms with Gasteiger partial charge in [-0.1, -0.05) is 0 Å². The van der Waals surface area contributed by atoms with Gasteiger partial charge < -0.3 is 20.0 Å². The molecule has 0 radical (unpaired) electrons. The molecule has 2 heterocycles. The predicted molar refractivity (Wildman–Crippen MR) is 57.3 cm³/mol. The zero-order valence-corrected chi connectivity index (χ0v) is 12.6. The summed E-state index contributed by atoms with van der Waals surface area (Å²) in [6.45, 7) is 0.397. The Morgan fingerprint density at radius 3 is 2.58 bits per heavy atom. The van der Waals surface area contributed by atoms with E-state index in [2.05, 4.69) is 15.3 Å². The maximum absolute atomic E-state index is 11.9. The Hall–Kier alpha value is -1.02. The van der Waals surface area contributed by atoms with Crippen molar-refractivity contribution in [1.82, 2.24) is 15.3 Å². The SMILES string of the molecule is O=C(NC1(C(=O)[O-])CCCOC1)c1cncnc1.[Na+]. The first-order valence-corrected chi connectivity index (χ1v) is 5.51. The first kappa shape index (κ1) is 16.0. The minimum absolute atomic E-state index is 0. The second kappa shape index (κ2) is 6.95. The van der Waals surface area contributed by atoms with E-state index in [9.17, 15) is 14.7 Å². The van der Waals surface area contributed by atoms with E-state index in [4.69, 9.17) is 4.74 Å². The number of aliphatic carboxylic acids is 1. The van der Waals surface area contributed by atoms with Crippen molar-refractivity contribution in [3.8, 4) is 0 Å². The molecule has 19 heavy (non-hydrogen) atoms. The molecular formula is C11H12N3NaO4. The largest absolute Gasteiger partial charge is 1.00 e. The molecule has 1 aliphatic heterocycles. The van der Waals surface area contributed by atoms with E-state index in [1.165, 1.54) is 18.7 Å². The smallest absolute Gasteiger partial charge is 0.547 e. The number of hydrogen-bond donors (Lipinski definition) is 1. The van der Waals surface area contributed by atoms with Crippen LogP contribution in [0.3, 0.4) is 0 Å². The third kappa shape index (κ3) is 3.73. The van der Waals surface area contributed by atoms with Crippen molar-refractivity contribution in [2.24, 2.45) is 0 Å². The van der Waals surface area contributed by atoms with Gasteiger partial charge in [0.25, 0.3) is 5.91 Å². The van der Waals surface area contributed by atoms with Gasteiger partial charge >= 0.3 is 29.6 Å². The Balaban J connectivity index is 0.00000180. The molecule has 8 heteroatoms. The summed E-state index contributed by atoms with van der Waals surface area (Å²) in [5.41, 5.74) is -1.27. The van der Waals surface area contributed by atoms with E-state index in [1.54, 1.807) is 0 Å². The van der Waals surface area contributed by atoms with Crippen LogP contribution in [0, 0.1) is 0 Å². The van der Waals surface area contributed by atoms with Crippen molar-refractivity contribution in [2.45, 2.75) is 18.4 Å². The molecule has 0 bridgehead atoms. The number of carbonyl (C=O) groups excluding carboxylic acids is 2. The number of carboxylic acid groups (broad SMARTS) is 1. The van der Waals surface area contributed by atoms with Crippen LogP contribution < -0.4 is 40.0 Å². The van der Waals surface area contributed by atoms with E-state index < -0.39 is 17.4 Å². The standard InChI is InChI=1S/C11H13N3O4.Na/c15-9(8-4-12-7-13-5-8)14-11(10(16)17)2-1-3-18-6-11;/h4-5,7H,1-3,6H2,(H,14,15)(H,16,17);/q;+1/p-1. The van der Waals surface area contributed by atoms with E-state index in [0.717, 1.165) is 0 Å². The molecule has 0 aromatic carbocycles. The Labute approximate surface area is 132 Å². The molecule has 96 valence electrons. The van der Waals surface area contributed by atoms with Gasteiger partial charge in [0.1, 0.15) is 11.9 Å². The zero-order valence-electron chi connectivity index (χ0n) is 10.6. The molecule has 1 saturated heterocycles. The fraction of sp³-hybridized carbons (Fsp3) is 0.455. The molecular weight excluding hydrogens is 261 g/mol. The van der Waals surface area contributed by atoms with Gasteiger partial charge in [-0.3, -0.25) is 4.79 Å². The number of aromatic nitrogens is 2. The normalized spacial score (nSPS) is 22.1. The van der Waals surface area contributed by atoms with E-state index >= 15 is 0 Å². The Morgan fingerprint density at radius 1 is 1.37 bits per heavy atom. The van der Waals surface area contributed by atoms with Crippen molar-refractivity contribution >= 4 is 11.9 Å². The summed E-state index contributed by atoms with van der Waals surface area (Å²) in [6.07, 6.45) is 4.76. The maximum atomic E-state index is 11.9. The summed E-state index contributed by atoms with van der Waals surface area (Å²) < 4.78 is 5.12. The molecule has 2 rings (SSSR count). The van der Waals surface area contributed by atoms with Gasteiger partial charge in [-0.25, -0.2) is 9.97 Å². The van der Waals surface area contributed by atoms with Crippen molar-refractivity contribution in [3.05, 3.63) is 24.3 Å². The number of carboxylic acids is 1. The van der Waals surface area contributed by atoms with Crippen molar-refractivity contribution in [2.75, 3.05) is 13.2 Å². The number of carbonyl (C=O) groups is 2. The van der Waals surface area contributed by atoms with Gasteiger partial charge in [0.05, 0.1) is 18.1 Å². The van der Waals surface area contributed by atoms with E-state index in [-0.39, 0.29) is 48.1 Å². The minimum atomic E-state index is -1.47. The van der Waals surface area contributed by atoms with Gasteiger partial charge in [0.15, 0.2) is 0 Å². The topological polar surface area (TPSA) is 104 Å². The molecule has 1 amide bonds. The van der Waals surface area contributed by atoms with Crippen LogP contribution in [0.5, 0.6) is 0 Å². The van der Waals surface area contributed by atoms with Crippen molar-refractivity contribution in [3.63, 3.8) is 0 Å². The number of nitrogens with one attached hydrogen (secondary N) is 1. The van der Waals surface area contributed by atoms with Crippen molar-refractivity contribution in [1.29, 1.82) is 0 Å². The molecule has 7 nitrogen and oxygen atoms in total. The first-order chi connectivity index (χ1) is 8.64. The second-order valence-electron chi connectivity index (χ2n) is 4.11. The van der Waals surface area contributed by atoms with Gasteiger partial charge in [0, 0.05) is 19.0 Å². The molecule has 1 atom stereocenters. The number of ether oxygens (including phenoxy) is 1. The molecule has 1 N–H and O–H groups in total. The van der Waals surface area contributed by atoms with E-state index in [0.29, 0.717) is 13.0 Å². The number of hydrogen-bond acceptors (Lipinski definition) is 6. The average molecular weight is 273 g/mol. The van der Waals surface area contributed by atoms with Crippen LogP contribution in [0.2, 0.25) is 0 Å². The maximum Gasteiger partial charge on any atom is 1.00 e. The molecule has 1 fully saturated rings. The second-order valence-corrected chi connectivity index (χ2v) is 4.11. The Bertz CT molecular complexity index is 449. The number of amides is 1. The van der Waals surface area contributed by atoms with Crippen molar-refractivity contribution < 1.29 is 49.0 Å². The predicted octanol–water partition coefficient (Wildman–Crippen LogP) is -4.49. The van der Waals surface area contributed by atoms with Gasteiger partial charge in [-0.15, -0.1) is 0 Å². The Morgan fingerprint density at radius 2 is 2.05 bits per heavy atom. The molecule has 1 aromatic heterocycles. The summed E-state index contributed by atoms with van der Waals surface area (Å²) in [4.78, 5) is 30.5. The number of rotatable bonds is 3. The molecule has 0 aliphatic carbocycles. The van der Waals surface area contributed by atoms with Crippen LogP contribution in [0.25, 0.3) is 0 Å². The Kier molecular flexibility index (Phi) is 5.86. The van der Waals surface area contributed by atoms with Crippen LogP contribution in [0.1, 0.15) is 23.2 Å². The summed E-state index contributed by atoms with van der Waals surface area (Å²) in [5, 5.41) is 13.6. The van der Waals surface area contributed by atoms with Gasteiger partial charge in [0.2, 0.25) is 0 Å². The van der Waals surface area contributed by atoms with Crippen LogP contribution in [-0.2, 0) is 9.53 Å². The molecule has 1 aliphatic rings. The fourth-order valence-electron chi connectivity index (χ4n) is 1.81. The first-order valence-electron chi connectivity index (χ1n) is 5.51. The molecule has 1 aromatic rings. The monoisotopic (exact) mass is 273 g/mol. The molecule has 0 saturated carbocycles. The van der Waals surface area contributed by atoms with Gasteiger partial charge in [-0.2, -0.15) is 0 Å². The van der Waals surface area contributed by atoms with Gasteiger partial charge in [-0.05, 0) is 12.8 Å². The summed E-state index contributed by atoms with van der Waals surface area (Å²) in [6, 6.07) is 0. The van der Waals surface area contributed by atoms with Crippen LogP contribution in [-0.4, -0.2) is 40.6 Å². The zero-order chi connectivity index (χ0) is 13.0. The van der Waals surface area contributed by atoms with Crippen LogP contribution in [0.15, 0.2) is 18.7 Å². The summed E-state index contributed by atoms with van der Waals surface area (Å²) >= 11 is 0. The average Bonchev–Trinajstić information content (AvgIpc) is 2.40. The molecule has 1 unspecified atom stereocenters. The summed E-state index contributed by atoms with van der Waals surface area (Å²) in [7, 11) is 0. The third-order valence-corrected chi connectivity index (χ3v) is 2.81. The molecule has 0 spiro atoms. The quantitative estimate of drug-likeness (QED) is 0.557. The fourth-order valence-corrected chi connectivity index (χ4v) is 1.81.